The summed E-state index contributed by atoms with van der Waals surface area (Å²) in [4.78, 5) is 11.6. The van der Waals surface area contributed by atoms with E-state index in [1.807, 2.05) is 19.1 Å². The van der Waals surface area contributed by atoms with Crippen LogP contribution in [0.5, 0.6) is 0 Å². The standard InChI is InChI=1S/C15H15ClN2O2/c1-9-6-7-11(16)13(8-9)18-12-5-3-4-10(14(12)17)15(19)20-2/h3-8,18H,17H2,1-2H3. The minimum absolute atomic E-state index is 0.321. The van der Waals surface area contributed by atoms with Crippen molar-refractivity contribution in [2.24, 2.45) is 0 Å². The fourth-order valence-electron chi connectivity index (χ4n) is 1.84. The molecule has 20 heavy (non-hydrogen) atoms. The molecule has 104 valence electrons. The lowest BCUT2D eigenvalue weighted by Gasteiger charge is -2.13. The van der Waals surface area contributed by atoms with Crippen LogP contribution in [0.1, 0.15) is 15.9 Å². The highest BCUT2D eigenvalue weighted by Gasteiger charge is 2.13. The second-order valence-corrected chi connectivity index (χ2v) is 4.77. The number of halogens is 1. The topological polar surface area (TPSA) is 64.3 Å². The number of hydrogen-bond acceptors (Lipinski definition) is 4. The highest BCUT2D eigenvalue weighted by Crippen LogP contribution is 2.31. The van der Waals surface area contributed by atoms with Gasteiger partial charge in [0.25, 0.3) is 0 Å². The van der Waals surface area contributed by atoms with Crippen molar-refractivity contribution >= 4 is 34.6 Å². The number of esters is 1. The van der Waals surface area contributed by atoms with Crippen LogP contribution in [-0.2, 0) is 4.74 Å². The number of hydrogen-bond donors (Lipinski definition) is 2. The average Bonchev–Trinajstić information content (AvgIpc) is 2.44. The van der Waals surface area contributed by atoms with Gasteiger partial charge in [-0.3, -0.25) is 0 Å². The van der Waals surface area contributed by atoms with Gasteiger partial charge >= 0.3 is 5.97 Å². The third kappa shape index (κ3) is 2.86. The molecule has 0 amide bonds. The van der Waals surface area contributed by atoms with Crippen LogP contribution in [-0.4, -0.2) is 13.1 Å². The SMILES string of the molecule is COC(=O)c1cccc(Nc2cc(C)ccc2Cl)c1N. The van der Waals surface area contributed by atoms with Crippen molar-refractivity contribution < 1.29 is 9.53 Å². The summed E-state index contributed by atoms with van der Waals surface area (Å²) in [5, 5.41) is 3.72. The molecule has 0 spiro atoms. The average molecular weight is 291 g/mol. The fourth-order valence-corrected chi connectivity index (χ4v) is 2.01. The number of nitrogens with two attached hydrogens (primary N) is 1. The summed E-state index contributed by atoms with van der Waals surface area (Å²) in [7, 11) is 1.32. The number of anilines is 3. The number of rotatable bonds is 3. The van der Waals surface area contributed by atoms with Gasteiger partial charge < -0.3 is 15.8 Å². The zero-order chi connectivity index (χ0) is 14.7. The number of carbonyl (C=O) groups excluding carboxylic acids is 1. The largest absolute Gasteiger partial charge is 0.465 e. The Labute approximate surface area is 122 Å². The smallest absolute Gasteiger partial charge is 0.340 e. The Morgan fingerprint density at radius 2 is 2.00 bits per heavy atom. The number of carbonyl (C=O) groups is 1. The first-order chi connectivity index (χ1) is 9.52. The lowest BCUT2D eigenvalue weighted by molar-refractivity contribution is 0.0602. The van der Waals surface area contributed by atoms with Crippen LogP contribution in [0.4, 0.5) is 17.1 Å². The van der Waals surface area contributed by atoms with E-state index in [9.17, 15) is 4.79 Å². The summed E-state index contributed by atoms with van der Waals surface area (Å²) >= 11 is 6.13. The molecule has 4 nitrogen and oxygen atoms in total. The Morgan fingerprint density at radius 1 is 1.25 bits per heavy atom. The van der Waals surface area contributed by atoms with Gasteiger partial charge in [0.15, 0.2) is 0 Å². The molecule has 2 aromatic rings. The Kier molecular flexibility index (Phi) is 4.15. The molecule has 3 N–H and O–H groups in total. The van der Waals surface area contributed by atoms with Gasteiger partial charge in [-0.2, -0.15) is 0 Å². The lowest BCUT2D eigenvalue weighted by Crippen LogP contribution is -2.07. The number of benzene rings is 2. The van der Waals surface area contributed by atoms with Crippen LogP contribution in [0, 0.1) is 6.92 Å². The van der Waals surface area contributed by atoms with Gasteiger partial charge in [-0.15, -0.1) is 0 Å². The second kappa shape index (κ2) is 5.84. The molecule has 0 aliphatic rings. The predicted octanol–water partition coefficient (Wildman–Crippen LogP) is 3.76. The van der Waals surface area contributed by atoms with E-state index in [-0.39, 0.29) is 0 Å². The van der Waals surface area contributed by atoms with Crippen molar-refractivity contribution in [2.75, 3.05) is 18.2 Å². The van der Waals surface area contributed by atoms with E-state index in [1.165, 1.54) is 7.11 Å². The molecular weight excluding hydrogens is 276 g/mol. The maximum Gasteiger partial charge on any atom is 0.340 e. The quantitative estimate of drug-likeness (QED) is 0.667. The molecule has 0 unspecified atom stereocenters. The third-order valence-corrected chi connectivity index (χ3v) is 3.23. The molecule has 0 aliphatic carbocycles. The van der Waals surface area contributed by atoms with Crippen molar-refractivity contribution in [2.45, 2.75) is 6.92 Å². The summed E-state index contributed by atoms with van der Waals surface area (Å²) < 4.78 is 4.69. The molecule has 0 aliphatic heterocycles. The van der Waals surface area contributed by atoms with Gasteiger partial charge in [-0.1, -0.05) is 23.7 Å². The first-order valence-electron chi connectivity index (χ1n) is 6.03. The fraction of sp³-hybridized carbons (Fsp3) is 0.133. The van der Waals surface area contributed by atoms with Crippen molar-refractivity contribution in [1.82, 2.24) is 0 Å². The predicted molar refractivity (Wildman–Crippen MR) is 81.7 cm³/mol. The van der Waals surface area contributed by atoms with Crippen molar-refractivity contribution in [3.05, 3.63) is 52.5 Å². The third-order valence-electron chi connectivity index (χ3n) is 2.90. The Balaban J connectivity index is 2.39. The van der Waals surface area contributed by atoms with Crippen LogP contribution in [0.25, 0.3) is 0 Å². The molecule has 2 rings (SSSR count). The summed E-state index contributed by atoms with van der Waals surface area (Å²) in [6.45, 7) is 1.97. The zero-order valence-electron chi connectivity index (χ0n) is 11.2. The van der Waals surface area contributed by atoms with Gasteiger partial charge in [0.2, 0.25) is 0 Å². The molecule has 2 aromatic carbocycles. The van der Waals surface area contributed by atoms with Gasteiger partial charge in [-0.25, -0.2) is 4.79 Å². The number of nitrogen functional groups attached to an aromatic ring is 1. The maximum absolute atomic E-state index is 11.6. The van der Waals surface area contributed by atoms with Crippen LogP contribution >= 0.6 is 11.6 Å². The first-order valence-corrected chi connectivity index (χ1v) is 6.40. The zero-order valence-corrected chi connectivity index (χ0v) is 12.0. The van der Waals surface area contributed by atoms with Gasteiger partial charge in [-0.05, 0) is 36.8 Å². The monoisotopic (exact) mass is 290 g/mol. The Morgan fingerprint density at radius 3 is 2.70 bits per heavy atom. The minimum atomic E-state index is -0.471. The molecule has 0 atom stereocenters. The summed E-state index contributed by atoms with van der Waals surface area (Å²) in [5.74, 6) is -0.471. The molecule has 0 aromatic heterocycles. The molecular formula is C15H15ClN2O2. The van der Waals surface area contributed by atoms with E-state index in [1.54, 1.807) is 24.3 Å². The number of para-hydroxylation sites is 1. The molecule has 0 saturated carbocycles. The molecule has 0 bridgehead atoms. The summed E-state index contributed by atoms with van der Waals surface area (Å²) in [5.41, 5.74) is 9.06. The number of nitrogens with one attached hydrogen (secondary N) is 1. The Hall–Kier alpha value is -2.20. The number of ether oxygens (including phenoxy) is 1. The number of methoxy groups -OCH3 is 1. The van der Waals surface area contributed by atoms with E-state index < -0.39 is 5.97 Å². The van der Waals surface area contributed by atoms with E-state index in [4.69, 9.17) is 22.1 Å². The highest BCUT2D eigenvalue weighted by molar-refractivity contribution is 6.33. The first kappa shape index (κ1) is 14.2. The molecule has 0 fully saturated rings. The molecule has 0 heterocycles. The molecule has 0 radical (unpaired) electrons. The minimum Gasteiger partial charge on any atom is -0.465 e. The summed E-state index contributed by atoms with van der Waals surface area (Å²) in [6, 6.07) is 10.8. The highest BCUT2D eigenvalue weighted by atomic mass is 35.5. The van der Waals surface area contributed by atoms with Crippen LogP contribution in [0.2, 0.25) is 5.02 Å². The van der Waals surface area contributed by atoms with E-state index in [2.05, 4.69) is 5.32 Å². The molecule has 0 saturated heterocycles. The summed E-state index contributed by atoms with van der Waals surface area (Å²) in [6.07, 6.45) is 0. The van der Waals surface area contributed by atoms with Gasteiger partial charge in [0.05, 0.1) is 34.8 Å². The lowest BCUT2D eigenvalue weighted by atomic mass is 10.1. The van der Waals surface area contributed by atoms with Crippen LogP contribution in [0.3, 0.4) is 0 Å². The Bertz CT molecular complexity index is 656. The van der Waals surface area contributed by atoms with Gasteiger partial charge in [0.1, 0.15) is 0 Å². The van der Waals surface area contributed by atoms with Crippen molar-refractivity contribution in [1.29, 1.82) is 0 Å². The van der Waals surface area contributed by atoms with Crippen molar-refractivity contribution in [3.8, 4) is 0 Å². The van der Waals surface area contributed by atoms with Crippen LogP contribution in [0.15, 0.2) is 36.4 Å². The van der Waals surface area contributed by atoms with Crippen LogP contribution < -0.4 is 11.1 Å². The number of aryl methyl sites for hydroxylation is 1. The second-order valence-electron chi connectivity index (χ2n) is 4.37. The van der Waals surface area contributed by atoms with Gasteiger partial charge in [0, 0.05) is 0 Å². The normalized spacial score (nSPS) is 10.2. The maximum atomic E-state index is 11.6. The van der Waals surface area contributed by atoms with Crippen molar-refractivity contribution in [3.63, 3.8) is 0 Å². The van der Waals surface area contributed by atoms with E-state index in [0.717, 1.165) is 11.3 Å². The van der Waals surface area contributed by atoms with E-state index >= 15 is 0 Å². The molecule has 5 heteroatoms. The van der Waals surface area contributed by atoms with E-state index in [0.29, 0.717) is 22.0 Å².